The van der Waals surface area contributed by atoms with Gasteiger partial charge in [-0.05, 0) is 62.4 Å². The summed E-state index contributed by atoms with van der Waals surface area (Å²) in [5.41, 5.74) is 0.519. The molecule has 1 aromatic rings. The van der Waals surface area contributed by atoms with Gasteiger partial charge < -0.3 is 23.7 Å². The molecule has 0 aromatic heterocycles. The second kappa shape index (κ2) is 18.1. The van der Waals surface area contributed by atoms with E-state index in [0.29, 0.717) is 25.4 Å². The average molecular weight is 539 g/mol. The summed E-state index contributed by atoms with van der Waals surface area (Å²) >= 11 is 0. The van der Waals surface area contributed by atoms with Crippen LogP contribution in [0.3, 0.4) is 0 Å². The van der Waals surface area contributed by atoms with Gasteiger partial charge in [0.15, 0.2) is 8.32 Å². The normalized spacial score (nSPS) is 14.8. The van der Waals surface area contributed by atoms with Gasteiger partial charge in [-0.25, -0.2) is 4.79 Å². The van der Waals surface area contributed by atoms with E-state index in [1.807, 2.05) is 31.3 Å². The van der Waals surface area contributed by atoms with Crippen molar-refractivity contribution >= 4 is 14.3 Å². The van der Waals surface area contributed by atoms with Crippen LogP contribution in [0.4, 0.5) is 0 Å². The van der Waals surface area contributed by atoms with E-state index in [0.717, 1.165) is 51.4 Å². The largest absolute Gasteiger partial charge is 0.459 e. The quantitative estimate of drug-likeness (QED) is 0.102. The molecule has 0 unspecified atom stereocenters. The molecule has 0 radical (unpaired) electrons. The van der Waals surface area contributed by atoms with E-state index in [1.165, 1.54) is 0 Å². The van der Waals surface area contributed by atoms with E-state index in [-0.39, 0.29) is 29.8 Å². The molecule has 0 bridgehead atoms. The molecule has 3 atom stereocenters. The number of benzene rings is 1. The summed E-state index contributed by atoms with van der Waals surface area (Å²) in [7, 11) is -2.37. The van der Waals surface area contributed by atoms with E-state index >= 15 is 0 Å². The highest BCUT2D eigenvalue weighted by molar-refractivity contribution is 6.72. The Bertz CT molecular complexity index is 719. The lowest BCUT2D eigenvalue weighted by Crippen LogP contribution is -2.47. The summed E-state index contributed by atoms with van der Waals surface area (Å²) in [5, 5.41) is -0.175. The van der Waals surface area contributed by atoms with Crippen molar-refractivity contribution in [3.63, 3.8) is 0 Å². The lowest BCUT2D eigenvalue weighted by Gasteiger charge is -2.38. The first-order valence-corrected chi connectivity index (χ1v) is 17.3. The van der Waals surface area contributed by atoms with Crippen LogP contribution in [-0.4, -0.2) is 63.8 Å². The summed E-state index contributed by atoms with van der Waals surface area (Å²) < 4.78 is 25.0. The fourth-order valence-electron chi connectivity index (χ4n) is 3.78. The summed E-state index contributed by atoms with van der Waals surface area (Å²) in [5.74, 6) is -0.366. The lowest BCUT2D eigenvalue weighted by molar-refractivity contribution is -0.154. The van der Waals surface area contributed by atoms with Crippen molar-refractivity contribution in [2.24, 2.45) is 0 Å². The van der Waals surface area contributed by atoms with E-state index < -0.39 is 14.4 Å². The Morgan fingerprint density at radius 1 is 0.865 bits per heavy atom. The number of hydrogen-bond acceptors (Lipinski definition) is 6. The van der Waals surface area contributed by atoms with Gasteiger partial charge in [-0.3, -0.25) is 0 Å². The monoisotopic (exact) mass is 538 g/mol. The third kappa shape index (κ3) is 12.9. The number of esters is 1. The molecule has 7 heteroatoms. The minimum Gasteiger partial charge on any atom is -0.459 e. The van der Waals surface area contributed by atoms with Crippen LogP contribution in [-0.2, 0) is 18.9 Å². The average Bonchev–Trinajstić information content (AvgIpc) is 2.86. The topological polar surface area (TPSA) is 74.2 Å². The van der Waals surface area contributed by atoms with Crippen LogP contribution in [0.5, 0.6) is 0 Å². The predicted octanol–water partition coefficient (Wildman–Crippen LogP) is 7.16. The maximum atomic E-state index is 12.7. The molecule has 214 valence electrons. The molecule has 0 saturated heterocycles. The summed E-state index contributed by atoms with van der Waals surface area (Å²) in [6, 6.07) is 9.04. The first-order chi connectivity index (χ1) is 17.6. The molecule has 1 aromatic carbocycles. The maximum Gasteiger partial charge on any atom is 0.338 e. The van der Waals surface area contributed by atoms with Crippen molar-refractivity contribution in [1.29, 1.82) is 0 Å². The second-order valence-corrected chi connectivity index (χ2v) is 15.6. The molecule has 37 heavy (non-hydrogen) atoms. The number of ether oxygens (including phenoxy) is 4. The molecule has 6 nitrogen and oxygen atoms in total. The van der Waals surface area contributed by atoms with Gasteiger partial charge in [0.25, 0.3) is 0 Å². The lowest BCUT2D eigenvalue weighted by atomic mass is 9.97. The third-order valence-electron chi connectivity index (χ3n) is 7.30. The molecule has 0 amide bonds. The highest BCUT2D eigenvalue weighted by atomic mass is 28.4. The van der Waals surface area contributed by atoms with Gasteiger partial charge in [0.05, 0.1) is 11.7 Å². The molecule has 0 heterocycles. The zero-order chi connectivity index (χ0) is 27.7. The number of hydrogen-bond donors (Lipinski definition) is 1. The Morgan fingerprint density at radius 2 is 1.38 bits per heavy atom. The zero-order valence-corrected chi connectivity index (χ0v) is 25.6. The van der Waals surface area contributed by atoms with Crippen molar-refractivity contribution in [3.8, 4) is 0 Å². The van der Waals surface area contributed by atoms with Gasteiger partial charge in [-0.2, -0.15) is 0 Å². The van der Waals surface area contributed by atoms with Crippen LogP contribution >= 0.6 is 0 Å². The van der Waals surface area contributed by atoms with Crippen LogP contribution in [0.15, 0.2) is 30.3 Å². The summed E-state index contributed by atoms with van der Waals surface area (Å²) in [4.78, 5) is 23.6. The standard InChI is InChI=1S/C30H54O6Si/c1-8-11-21-33-26(19-20-30(4,5)37(6,7)32)28(35-23-13-10-3)27(34-22-12-9-2)24-36-29(31)25-17-15-14-16-18-25/h14-18,26-28,32H,8-13,19-24H2,1-7H3/t26-,27+,28-/m1/s1. The number of carbonyl (C=O) groups is 1. The van der Waals surface area contributed by atoms with Crippen LogP contribution in [0.2, 0.25) is 18.1 Å². The van der Waals surface area contributed by atoms with Gasteiger partial charge in [0.1, 0.15) is 18.8 Å². The molecular formula is C30H54O6Si. The smallest absolute Gasteiger partial charge is 0.338 e. The molecule has 1 rings (SSSR count). The SMILES string of the molecule is CCCCO[C@@H]([C@H](COC(=O)c1ccccc1)OCCCC)[C@@H](CCC(C)(C)[Si](C)(C)O)OCCCC. The van der Waals surface area contributed by atoms with Crippen molar-refractivity contribution in [2.75, 3.05) is 26.4 Å². The molecule has 0 fully saturated rings. The van der Waals surface area contributed by atoms with Crippen molar-refractivity contribution in [1.82, 2.24) is 0 Å². The van der Waals surface area contributed by atoms with Gasteiger partial charge >= 0.3 is 5.97 Å². The molecule has 0 spiro atoms. The Labute approximate surface area is 227 Å². The van der Waals surface area contributed by atoms with Crippen LogP contribution in [0.25, 0.3) is 0 Å². The maximum absolute atomic E-state index is 12.7. The molecular weight excluding hydrogens is 484 g/mol. The van der Waals surface area contributed by atoms with E-state index in [1.54, 1.807) is 12.1 Å². The van der Waals surface area contributed by atoms with Crippen molar-refractivity contribution in [3.05, 3.63) is 35.9 Å². The number of carbonyl (C=O) groups excluding carboxylic acids is 1. The van der Waals surface area contributed by atoms with Gasteiger partial charge in [0.2, 0.25) is 0 Å². The minimum absolute atomic E-state index is 0.103. The zero-order valence-electron chi connectivity index (χ0n) is 24.6. The highest BCUT2D eigenvalue weighted by Crippen LogP contribution is 2.41. The fourth-order valence-corrected chi connectivity index (χ4v) is 4.54. The molecule has 0 aliphatic heterocycles. The number of rotatable bonds is 21. The second-order valence-electron chi connectivity index (χ2n) is 11.2. The first kappa shape index (κ1) is 33.8. The van der Waals surface area contributed by atoms with Crippen molar-refractivity contribution in [2.45, 2.75) is 122 Å². The Balaban J connectivity index is 3.17. The summed E-state index contributed by atoms with van der Waals surface area (Å²) in [6.45, 7) is 16.6. The van der Waals surface area contributed by atoms with Crippen molar-refractivity contribution < 1.29 is 28.5 Å². The molecule has 0 saturated carbocycles. The Morgan fingerprint density at radius 3 is 1.89 bits per heavy atom. The molecule has 1 N–H and O–H groups in total. The van der Waals surface area contributed by atoms with Gasteiger partial charge in [0, 0.05) is 19.8 Å². The fraction of sp³-hybridized carbons (Fsp3) is 0.767. The predicted molar refractivity (Wildman–Crippen MR) is 154 cm³/mol. The van der Waals surface area contributed by atoms with E-state index in [2.05, 4.69) is 34.6 Å². The Hall–Kier alpha value is -1.25. The highest BCUT2D eigenvalue weighted by Gasteiger charge is 2.40. The van der Waals surface area contributed by atoms with Gasteiger partial charge in [-0.1, -0.05) is 72.1 Å². The number of unbranched alkanes of at least 4 members (excludes halogenated alkanes) is 3. The van der Waals surface area contributed by atoms with Gasteiger partial charge in [-0.15, -0.1) is 0 Å². The minimum atomic E-state index is -2.37. The Kier molecular flexibility index (Phi) is 16.5. The van der Waals surface area contributed by atoms with E-state index in [4.69, 9.17) is 18.9 Å². The summed E-state index contributed by atoms with van der Waals surface area (Å²) in [6.07, 6.45) is 6.43. The third-order valence-corrected chi connectivity index (χ3v) is 10.9. The van der Waals surface area contributed by atoms with Crippen LogP contribution < -0.4 is 0 Å². The molecule has 0 aliphatic rings. The first-order valence-electron chi connectivity index (χ1n) is 14.4. The van der Waals surface area contributed by atoms with E-state index in [9.17, 15) is 9.59 Å². The molecule has 0 aliphatic carbocycles. The van der Waals surface area contributed by atoms with Crippen LogP contribution in [0.1, 0.15) is 96.3 Å². The van der Waals surface area contributed by atoms with Crippen LogP contribution in [0, 0.1) is 0 Å².